The lowest BCUT2D eigenvalue weighted by atomic mass is 9.84. The molecule has 0 saturated carbocycles. The molecular weight excluding hydrogens is 365 g/mol. The lowest BCUT2D eigenvalue weighted by Crippen LogP contribution is -2.29. The molecule has 5 heteroatoms. The Morgan fingerprint density at radius 1 is 1.10 bits per heavy atom. The molecule has 0 amide bonds. The minimum Gasteiger partial charge on any atom is -0.382 e. The highest BCUT2D eigenvalue weighted by molar-refractivity contribution is 14.0. The Hall–Kier alpha value is -1.24. The maximum atomic E-state index is 11.5. The van der Waals surface area contributed by atoms with Crippen LogP contribution in [0.3, 0.4) is 0 Å². The molecule has 4 nitrogen and oxygen atoms in total. The van der Waals surface area contributed by atoms with Crippen LogP contribution in [-0.4, -0.2) is 17.3 Å². The Balaban J connectivity index is 0.00000361. The van der Waals surface area contributed by atoms with Crippen molar-refractivity contribution in [2.45, 2.75) is 34.6 Å². The normalized spacial score (nSPS) is 12.8. The summed E-state index contributed by atoms with van der Waals surface area (Å²) in [5, 5.41) is 8.08. The van der Waals surface area contributed by atoms with Crippen molar-refractivity contribution in [1.29, 1.82) is 0 Å². The number of halogens is 1. The van der Waals surface area contributed by atoms with Gasteiger partial charge in [-0.05, 0) is 34.6 Å². The van der Waals surface area contributed by atoms with E-state index in [2.05, 4.69) is 10.2 Å². The van der Waals surface area contributed by atoms with E-state index in [0.29, 0.717) is 11.5 Å². The van der Waals surface area contributed by atoms with Gasteiger partial charge >= 0.3 is 0 Å². The van der Waals surface area contributed by atoms with Gasteiger partial charge in [-0.2, -0.15) is 5.10 Å². The molecular formula is C15H22IN3O. The van der Waals surface area contributed by atoms with Gasteiger partial charge < -0.3 is 5.73 Å². The summed E-state index contributed by atoms with van der Waals surface area (Å²) in [6.45, 7) is 8.99. The van der Waals surface area contributed by atoms with Gasteiger partial charge in [-0.1, -0.05) is 29.8 Å². The number of ketones is 1. The molecule has 0 aromatic heterocycles. The van der Waals surface area contributed by atoms with Crippen molar-refractivity contribution in [2.24, 2.45) is 21.4 Å². The molecule has 0 fully saturated rings. The van der Waals surface area contributed by atoms with Gasteiger partial charge in [-0.15, -0.1) is 29.1 Å². The van der Waals surface area contributed by atoms with Crippen molar-refractivity contribution in [3.05, 3.63) is 35.4 Å². The first kappa shape index (κ1) is 18.8. The van der Waals surface area contributed by atoms with Crippen LogP contribution in [0.15, 0.2) is 34.5 Å². The molecule has 0 saturated heterocycles. The first-order valence-corrected chi connectivity index (χ1v) is 6.21. The second kappa shape index (κ2) is 7.52. The van der Waals surface area contributed by atoms with Crippen LogP contribution in [0.2, 0.25) is 0 Å². The number of aryl methyl sites for hydroxylation is 1. The molecule has 0 radical (unpaired) electrons. The Kier molecular flexibility index (Phi) is 7.05. The third kappa shape index (κ3) is 4.70. The lowest BCUT2D eigenvalue weighted by Gasteiger charge is -2.19. The number of benzene rings is 1. The third-order valence-electron chi connectivity index (χ3n) is 3.44. The average molecular weight is 387 g/mol. The second-order valence-electron chi connectivity index (χ2n) is 5.22. The summed E-state index contributed by atoms with van der Waals surface area (Å²) in [4.78, 5) is 11.5. The van der Waals surface area contributed by atoms with Gasteiger partial charge in [0.15, 0.2) is 5.84 Å². The van der Waals surface area contributed by atoms with Crippen LogP contribution < -0.4 is 5.73 Å². The van der Waals surface area contributed by atoms with Crippen LogP contribution in [0.25, 0.3) is 0 Å². The van der Waals surface area contributed by atoms with Crippen molar-refractivity contribution in [3.8, 4) is 0 Å². The number of carbonyl (C=O) groups is 1. The maximum absolute atomic E-state index is 11.5. The topological polar surface area (TPSA) is 67.8 Å². The van der Waals surface area contributed by atoms with Crippen LogP contribution in [0.1, 0.15) is 38.8 Å². The molecule has 110 valence electrons. The van der Waals surface area contributed by atoms with E-state index in [1.54, 1.807) is 13.8 Å². The first-order valence-electron chi connectivity index (χ1n) is 6.21. The van der Waals surface area contributed by atoms with Gasteiger partial charge in [0.2, 0.25) is 0 Å². The average Bonchev–Trinajstić information content (AvgIpc) is 2.36. The summed E-state index contributed by atoms with van der Waals surface area (Å²) >= 11 is 0. The fourth-order valence-corrected chi connectivity index (χ4v) is 1.29. The molecule has 1 rings (SSSR count). The van der Waals surface area contributed by atoms with Crippen molar-refractivity contribution in [3.63, 3.8) is 0 Å². The van der Waals surface area contributed by atoms with Crippen molar-refractivity contribution < 1.29 is 4.79 Å². The maximum Gasteiger partial charge on any atom is 0.153 e. The molecule has 0 atom stereocenters. The summed E-state index contributed by atoms with van der Waals surface area (Å²) in [5.74, 6) is 0.400. The number of carbonyl (C=O) groups excluding carboxylic acids is 1. The van der Waals surface area contributed by atoms with E-state index in [0.717, 1.165) is 11.1 Å². The molecule has 2 N–H and O–H groups in total. The zero-order valence-corrected chi connectivity index (χ0v) is 14.9. The van der Waals surface area contributed by atoms with Gasteiger partial charge in [0.05, 0.1) is 11.1 Å². The Labute approximate surface area is 137 Å². The molecule has 20 heavy (non-hydrogen) atoms. The number of rotatable bonds is 4. The van der Waals surface area contributed by atoms with E-state index < -0.39 is 5.41 Å². The van der Waals surface area contributed by atoms with Gasteiger partial charge in [-0.25, -0.2) is 0 Å². The predicted molar refractivity (Wildman–Crippen MR) is 94.9 cm³/mol. The van der Waals surface area contributed by atoms with Gasteiger partial charge in [-0.3, -0.25) is 4.79 Å². The minimum atomic E-state index is -0.614. The molecule has 1 aromatic rings. The molecule has 0 aliphatic rings. The van der Waals surface area contributed by atoms with E-state index in [1.165, 1.54) is 0 Å². The monoisotopic (exact) mass is 387 g/mol. The number of Topliss-reactive ketones (excluding diaryl/α,β-unsaturated/α-hetero) is 1. The van der Waals surface area contributed by atoms with Crippen LogP contribution >= 0.6 is 24.0 Å². The van der Waals surface area contributed by atoms with Gasteiger partial charge in [0, 0.05) is 5.56 Å². The van der Waals surface area contributed by atoms with E-state index in [4.69, 9.17) is 5.73 Å². The number of nitrogens with two attached hydrogens (primary N) is 1. The molecule has 0 heterocycles. The highest BCUT2D eigenvalue weighted by Gasteiger charge is 2.27. The fraction of sp³-hybridized carbons (Fsp3) is 0.400. The molecule has 0 unspecified atom stereocenters. The highest BCUT2D eigenvalue weighted by atomic mass is 127. The zero-order valence-electron chi connectivity index (χ0n) is 12.6. The Morgan fingerprint density at radius 2 is 1.60 bits per heavy atom. The molecule has 0 aliphatic carbocycles. The zero-order chi connectivity index (χ0) is 14.6. The smallest absolute Gasteiger partial charge is 0.153 e. The number of nitrogens with zero attached hydrogens (tertiary/aromatic N) is 2. The Morgan fingerprint density at radius 3 is 2.05 bits per heavy atom. The van der Waals surface area contributed by atoms with Crippen molar-refractivity contribution >= 4 is 41.3 Å². The number of hydrogen-bond acceptors (Lipinski definition) is 3. The number of hydrogen-bond donors (Lipinski definition) is 1. The summed E-state index contributed by atoms with van der Waals surface area (Å²) in [6.07, 6.45) is 0. The SMILES string of the molecule is CC(=O)C(C)(C)/C(C)=N/N=C(\N)c1ccc(C)cc1.I. The van der Waals surface area contributed by atoms with Crippen LogP contribution in [0, 0.1) is 12.3 Å². The summed E-state index contributed by atoms with van der Waals surface area (Å²) < 4.78 is 0. The standard InChI is InChI=1S/C15H21N3O.HI/c1-10-6-8-13(9-7-10)14(16)18-17-11(2)15(4,5)12(3)19;/h6-9H,1-5H3,(H2,16,18);1H/b17-11+;. The first-order chi connectivity index (χ1) is 8.75. The quantitative estimate of drug-likeness (QED) is 0.373. The second-order valence-corrected chi connectivity index (χ2v) is 5.22. The molecule has 0 spiro atoms. The van der Waals surface area contributed by atoms with Gasteiger partial charge in [0.1, 0.15) is 5.78 Å². The van der Waals surface area contributed by atoms with E-state index in [9.17, 15) is 4.79 Å². The van der Waals surface area contributed by atoms with E-state index >= 15 is 0 Å². The number of amidine groups is 1. The van der Waals surface area contributed by atoms with Crippen LogP contribution in [0.4, 0.5) is 0 Å². The summed E-state index contributed by atoms with van der Waals surface area (Å²) in [5.41, 5.74) is 7.89. The molecule has 0 aliphatic heterocycles. The van der Waals surface area contributed by atoms with E-state index in [-0.39, 0.29) is 29.8 Å². The molecule has 1 aromatic carbocycles. The largest absolute Gasteiger partial charge is 0.382 e. The minimum absolute atomic E-state index is 0. The fourth-order valence-electron chi connectivity index (χ4n) is 1.29. The highest BCUT2D eigenvalue weighted by Crippen LogP contribution is 2.19. The van der Waals surface area contributed by atoms with Crippen molar-refractivity contribution in [2.75, 3.05) is 0 Å². The van der Waals surface area contributed by atoms with Gasteiger partial charge in [0.25, 0.3) is 0 Å². The molecule has 0 bridgehead atoms. The summed E-state index contributed by atoms with van der Waals surface area (Å²) in [7, 11) is 0. The Bertz CT molecular complexity index is 531. The summed E-state index contributed by atoms with van der Waals surface area (Å²) in [6, 6.07) is 7.73. The lowest BCUT2D eigenvalue weighted by molar-refractivity contribution is -0.121. The third-order valence-corrected chi connectivity index (χ3v) is 3.44. The van der Waals surface area contributed by atoms with E-state index in [1.807, 2.05) is 45.0 Å². The van der Waals surface area contributed by atoms with Crippen LogP contribution in [0.5, 0.6) is 0 Å². The van der Waals surface area contributed by atoms with Crippen LogP contribution in [-0.2, 0) is 4.79 Å². The predicted octanol–water partition coefficient (Wildman–Crippen LogP) is 3.31. The van der Waals surface area contributed by atoms with Crippen molar-refractivity contribution in [1.82, 2.24) is 0 Å².